The standard InChI is InChI=1S/C16H26N2O2/c1-5-12(3)15(17)16(19)18-13(4)10-20-14-8-6-11(2)7-9-14/h6-9,12-13,15H,5,10,17H2,1-4H3,(H,18,19)/t12?,13?,15-/m0/s1. The van der Waals surface area contributed by atoms with Gasteiger partial charge >= 0.3 is 0 Å². The third-order valence-corrected chi connectivity index (χ3v) is 3.47. The van der Waals surface area contributed by atoms with Crippen LogP contribution in [0.2, 0.25) is 0 Å². The number of nitrogens with one attached hydrogen (secondary N) is 1. The summed E-state index contributed by atoms with van der Waals surface area (Å²) in [6, 6.07) is 7.32. The third-order valence-electron chi connectivity index (χ3n) is 3.47. The van der Waals surface area contributed by atoms with Gasteiger partial charge in [0.2, 0.25) is 5.91 Å². The smallest absolute Gasteiger partial charge is 0.237 e. The van der Waals surface area contributed by atoms with Crippen molar-refractivity contribution in [1.29, 1.82) is 0 Å². The van der Waals surface area contributed by atoms with Gasteiger partial charge in [-0.25, -0.2) is 0 Å². The molecular weight excluding hydrogens is 252 g/mol. The van der Waals surface area contributed by atoms with Gasteiger partial charge in [0.25, 0.3) is 0 Å². The molecular formula is C16H26N2O2. The summed E-state index contributed by atoms with van der Waals surface area (Å²) in [6.45, 7) is 8.39. The maximum absolute atomic E-state index is 11.9. The van der Waals surface area contributed by atoms with Crippen molar-refractivity contribution in [2.24, 2.45) is 11.7 Å². The molecule has 0 bridgehead atoms. The second-order valence-electron chi connectivity index (χ2n) is 5.45. The molecule has 3 N–H and O–H groups in total. The van der Waals surface area contributed by atoms with Crippen molar-refractivity contribution < 1.29 is 9.53 Å². The first-order chi connectivity index (χ1) is 9.43. The number of benzene rings is 1. The number of carbonyl (C=O) groups is 1. The molecule has 112 valence electrons. The maximum atomic E-state index is 11.9. The second-order valence-corrected chi connectivity index (χ2v) is 5.45. The number of rotatable bonds is 7. The minimum atomic E-state index is -0.457. The van der Waals surface area contributed by atoms with Crippen molar-refractivity contribution in [3.63, 3.8) is 0 Å². The van der Waals surface area contributed by atoms with Crippen LogP contribution in [0.4, 0.5) is 0 Å². The maximum Gasteiger partial charge on any atom is 0.237 e. The SMILES string of the molecule is CCC(C)[C@H](N)C(=O)NC(C)COc1ccc(C)cc1. The largest absolute Gasteiger partial charge is 0.491 e. The first-order valence-corrected chi connectivity index (χ1v) is 7.19. The van der Waals surface area contributed by atoms with Gasteiger partial charge in [0, 0.05) is 0 Å². The van der Waals surface area contributed by atoms with E-state index in [9.17, 15) is 4.79 Å². The van der Waals surface area contributed by atoms with Crippen LogP contribution in [0.5, 0.6) is 5.75 Å². The van der Waals surface area contributed by atoms with E-state index in [4.69, 9.17) is 10.5 Å². The average molecular weight is 278 g/mol. The predicted molar refractivity (Wildman–Crippen MR) is 81.7 cm³/mol. The van der Waals surface area contributed by atoms with E-state index in [2.05, 4.69) is 5.32 Å². The monoisotopic (exact) mass is 278 g/mol. The van der Waals surface area contributed by atoms with Crippen LogP contribution in [0.25, 0.3) is 0 Å². The highest BCUT2D eigenvalue weighted by molar-refractivity contribution is 5.82. The van der Waals surface area contributed by atoms with Gasteiger partial charge in [-0.05, 0) is 31.9 Å². The van der Waals surface area contributed by atoms with Crippen molar-refractivity contribution in [3.8, 4) is 5.75 Å². The van der Waals surface area contributed by atoms with Gasteiger partial charge in [0.05, 0.1) is 12.1 Å². The average Bonchev–Trinajstić information content (AvgIpc) is 2.44. The topological polar surface area (TPSA) is 64.4 Å². The highest BCUT2D eigenvalue weighted by Crippen LogP contribution is 2.11. The number of amides is 1. The van der Waals surface area contributed by atoms with Crippen molar-refractivity contribution in [1.82, 2.24) is 5.32 Å². The van der Waals surface area contributed by atoms with Gasteiger partial charge < -0.3 is 15.8 Å². The molecule has 3 atom stereocenters. The Labute approximate surface area is 121 Å². The first kappa shape index (κ1) is 16.5. The molecule has 0 aliphatic heterocycles. The van der Waals surface area contributed by atoms with Crippen LogP contribution in [0.15, 0.2) is 24.3 Å². The van der Waals surface area contributed by atoms with Crippen LogP contribution in [0, 0.1) is 12.8 Å². The second kappa shape index (κ2) is 7.90. The predicted octanol–water partition coefficient (Wildman–Crippen LogP) is 2.25. The minimum Gasteiger partial charge on any atom is -0.491 e. The Bertz CT molecular complexity index is 417. The normalized spacial score (nSPS) is 15.2. The minimum absolute atomic E-state index is 0.0705. The molecule has 0 saturated heterocycles. The fourth-order valence-corrected chi connectivity index (χ4v) is 1.75. The van der Waals surface area contributed by atoms with Crippen molar-refractivity contribution in [3.05, 3.63) is 29.8 Å². The zero-order valence-corrected chi connectivity index (χ0v) is 12.8. The molecule has 0 radical (unpaired) electrons. The molecule has 0 heterocycles. The van der Waals surface area contributed by atoms with Crippen LogP contribution in [0.3, 0.4) is 0 Å². The summed E-state index contributed by atoms with van der Waals surface area (Å²) in [4.78, 5) is 11.9. The van der Waals surface area contributed by atoms with Crippen LogP contribution in [-0.4, -0.2) is 24.6 Å². The Balaban J connectivity index is 2.38. The molecule has 0 aliphatic rings. The van der Waals surface area contributed by atoms with E-state index in [0.717, 1.165) is 12.2 Å². The molecule has 0 saturated carbocycles. The first-order valence-electron chi connectivity index (χ1n) is 7.19. The van der Waals surface area contributed by atoms with E-state index in [-0.39, 0.29) is 17.9 Å². The summed E-state index contributed by atoms with van der Waals surface area (Å²) in [5, 5.41) is 2.89. The van der Waals surface area contributed by atoms with E-state index in [0.29, 0.717) is 6.61 Å². The van der Waals surface area contributed by atoms with E-state index in [1.807, 2.05) is 52.0 Å². The van der Waals surface area contributed by atoms with Crippen LogP contribution < -0.4 is 15.8 Å². The summed E-state index contributed by atoms with van der Waals surface area (Å²) in [5.74, 6) is 0.877. The molecule has 0 spiro atoms. The van der Waals surface area contributed by atoms with Crippen LogP contribution >= 0.6 is 0 Å². The molecule has 2 unspecified atom stereocenters. The van der Waals surface area contributed by atoms with Crippen LogP contribution in [-0.2, 0) is 4.79 Å². The number of aryl methyl sites for hydroxylation is 1. The summed E-state index contributed by atoms with van der Waals surface area (Å²) in [6.07, 6.45) is 0.892. The summed E-state index contributed by atoms with van der Waals surface area (Å²) in [7, 11) is 0. The fraction of sp³-hybridized carbons (Fsp3) is 0.562. The van der Waals surface area contributed by atoms with Crippen molar-refractivity contribution in [2.45, 2.75) is 46.2 Å². The highest BCUT2D eigenvalue weighted by Gasteiger charge is 2.20. The Morgan fingerprint density at radius 1 is 1.30 bits per heavy atom. The molecule has 1 rings (SSSR count). The molecule has 1 aromatic rings. The zero-order valence-electron chi connectivity index (χ0n) is 12.8. The van der Waals surface area contributed by atoms with E-state index >= 15 is 0 Å². The van der Waals surface area contributed by atoms with Gasteiger partial charge in [0.15, 0.2) is 0 Å². The number of carbonyl (C=O) groups excluding carboxylic acids is 1. The lowest BCUT2D eigenvalue weighted by Crippen LogP contribution is -2.48. The molecule has 0 fully saturated rings. The Hall–Kier alpha value is -1.55. The molecule has 1 aromatic carbocycles. The lowest BCUT2D eigenvalue weighted by molar-refractivity contribution is -0.124. The molecule has 4 nitrogen and oxygen atoms in total. The van der Waals surface area contributed by atoms with Gasteiger partial charge in [-0.3, -0.25) is 4.79 Å². The molecule has 0 aliphatic carbocycles. The molecule has 4 heteroatoms. The lowest BCUT2D eigenvalue weighted by Gasteiger charge is -2.21. The Morgan fingerprint density at radius 3 is 2.45 bits per heavy atom. The van der Waals surface area contributed by atoms with Crippen molar-refractivity contribution in [2.75, 3.05) is 6.61 Å². The summed E-state index contributed by atoms with van der Waals surface area (Å²) >= 11 is 0. The zero-order chi connectivity index (χ0) is 15.1. The van der Waals surface area contributed by atoms with Gasteiger partial charge in [-0.2, -0.15) is 0 Å². The van der Waals surface area contributed by atoms with Gasteiger partial charge in [0.1, 0.15) is 12.4 Å². The van der Waals surface area contributed by atoms with E-state index < -0.39 is 6.04 Å². The number of ether oxygens (including phenoxy) is 1. The lowest BCUT2D eigenvalue weighted by atomic mass is 9.99. The number of hydrogen-bond donors (Lipinski definition) is 2. The Kier molecular flexibility index (Phi) is 6.52. The van der Waals surface area contributed by atoms with Crippen LogP contribution in [0.1, 0.15) is 32.8 Å². The van der Waals surface area contributed by atoms with Gasteiger partial charge in [-0.1, -0.05) is 38.0 Å². The fourth-order valence-electron chi connectivity index (χ4n) is 1.75. The summed E-state index contributed by atoms with van der Waals surface area (Å²) in [5.41, 5.74) is 7.08. The number of hydrogen-bond acceptors (Lipinski definition) is 3. The van der Waals surface area contributed by atoms with Crippen molar-refractivity contribution >= 4 is 5.91 Å². The Morgan fingerprint density at radius 2 is 1.90 bits per heavy atom. The number of nitrogens with two attached hydrogens (primary N) is 1. The van der Waals surface area contributed by atoms with E-state index in [1.165, 1.54) is 5.56 Å². The summed E-state index contributed by atoms with van der Waals surface area (Å²) < 4.78 is 5.63. The molecule has 20 heavy (non-hydrogen) atoms. The highest BCUT2D eigenvalue weighted by atomic mass is 16.5. The van der Waals surface area contributed by atoms with E-state index in [1.54, 1.807) is 0 Å². The molecule has 1 amide bonds. The quantitative estimate of drug-likeness (QED) is 0.804. The molecule has 0 aromatic heterocycles. The third kappa shape index (κ3) is 5.21. The van der Waals surface area contributed by atoms with Gasteiger partial charge in [-0.15, -0.1) is 0 Å².